The standard InChI is InChI=1S/C9H8O2/c10-9(11)7-6-8-4-2-1-3-5-8/h1-7H,(H,10,11)/b7-6+/i1D,2D,3D,4D,5D. The molecule has 0 aliphatic rings. The molecule has 11 heavy (non-hydrogen) atoms. The summed E-state index contributed by atoms with van der Waals surface area (Å²) in [4.78, 5) is 10.3. The van der Waals surface area contributed by atoms with Crippen molar-refractivity contribution in [1.29, 1.82) is 0 Å². The summed E-state index contributed by atoms with van der Waals surface area (Å²) in [5, 5.41) is 8.41. The number of hydrogen-bond acceptors (Lipinski definition) is 1. The van der Waals surface area contributed by atoms with Gasteiger partial charge in [0.25, 0.3) is 0 Å². The number of aliphatic carboxylic acids is 1. The lowest BCUT2D eigenvalue weighted by Crippen LogP contribution is -1.85. The molecule has 0 bridgehead atoms. The molecule has 0 heterocycles. The zero-order valence-corrected chi connectivity index (χ0v) is 5.51. The van der Waals surface area contributed by atoms with Crippen LogP contribution in [0, 0.1) is 0 Å². The molecule has 0 unspecified atom stereocenters. The first kappa shape index (κ1) is 3.22. The van der Waals surface area contributed by atoms with Crippen LogP contribution in [0.5, 0.6) is 0 Å². The maximum absolute atomic E-state index is 10.3. The van der Waals surface area contributed by atoms with Gasteiger partial charge in [0.15, 0.2) is 0 Å². The van der Waals surface area contributed by atoms with Gasteiger partial charge < -0.3 is 5.11 Å². The average Bonchev–Trinajstić information content (AvgIpc) is 2.23. The van der Waals surface area contributed by atoms with E-state index < -0.39 is 36.2 Å². The summed E-state index contributed by atoms with van der Waals surface area (Å²) in [5.74, 6) is -1.24. The van der Waals surface area contributed by atoms with E-state index in [9.17, 15) is 4.79 Å². The molecular formula is C9H8O2. The van der Waals surface area contributed by atoms with Crippen LogP contribution in [0.25, 0.3) is 6.08 Å². The highest BCUT2D eigenvalue weighted by atomic mass is 16.4. The third-order valence-corrected chi connectivity index (χ3v) is 0.912. The number of benzene rings is 1. The van der Waals surface area contributed by atoms with Gasteiger partial charge in [-0.25, -0.2) is 4.79 Å². The molecule has 0 spiro atoms. The second-order valence-corrected chi connectivity index (χ2v) is 1.71. The van der Waals surface area contributed by atoms with Crippen LogP contribution >= 0.6 is 0 Å². The van der Waals surface area contributed by atoms with Gasteiger partial charge in [-0.15, -0.1) is 0 Å². The van der Waals surface area contributed by atoms with Gasteiger partial charge in [0, 0.05) is 6.08 Å². The second kappa shape index (κ2) is 3.56. The molecular weight excluding hydrogens is 140 g/mol. The summed E-state index contributed by atoms with van der Waals surface area (Å²) < 4.78 is 36.9. The van der Waals surface area contributed by atoms with Crippen LogP contribution in [0.4, 0.5) is 0 Å². The van der Waals surface area contributed by atoms with Crippen molar-refractivity contribution in [3.63, 3.8) is 0 Å². The van der Waals surface area contributed by atoms with Crippen LogP contribution in [0.3, 0.4) is 0 Å². The second-order valence-electron chi connectivity index (χ2n) is 1.71. The number of carboxylic acids is 1. The Balaban J connectivity index is 3.45. The lowest BCUT2D eigenvalue weighted by Gasteiger charge is -1.87. The van der Waals surface area contributed by atoms with Gasteiger partial charge >= 0.3 is 5.97 Å². The van der Waals surface area contributed by atoms with E-state index in [0.29, 0.717) is 0 Å². The molecule has 0 atom stereocenters. The first-order valence-corrected chi connectivity index (χ1v) is 2.84. The lowest BCUT2D eigenvalue weighted by molar-refractivity contribution is -0.131. The van der Waals surface area contributed by atoms with Crippen molar-refractivity contribution >= 4 is 12.0 Å². The van der Waals surface area contributed by atoms with Crippen LogP contribution < -0.4 is 0 Å². The third kappa shape index (κ3) is 2.67. The Labute approximate surface area is 71.8 Å². The number of rotatable bonds is 2. The van der Waals surface area contributed by atoms with Gasteiger partial charge in [-0.3, -0.25) is 0 Å². The van der Waals surface area contributed by atoms with E-state index in [1.54, 1.807) is 0 Å². The maximum Gasteiger partial charge on any atom is 0.328 e. The van der Waals surface area contributed by atoms with Crippen LogP contribution in [0.1, 0.15) is 12.4 Å². The molecule has 1 aromatic rings. The van der Waals surface area contributed by atoms with E-state index in [-0.39, 0.29) is 5.56 Å². The molecule has 2 heteroatoms. The van der Waals surface area contributed by atoms with Crippen molar-refractivity contribution in [3.8, 4) is 0 Å². The van der Waals surface area contributed by atoms with Gasteiger partial charge in [-0.2, -0.15) is 0 Å². The monoisotopic (exact) mass is 153 g/mol. The average molecular weight is 153 g/mol. The SMILES string of the molecule is [2H]c1c([2H])c([2H])c(/C=C/C(=O)O)c([2H])c1[2H]. The molecule has 1 aromatic carbocycles. The zero-order valence-electron chi connectivity index (χ0n) is 10.5. The minimum atomic E-state index is -1.24. The number of carbonyl (C=O) groups is 1. The number of hydrogen-bond donors (Lipinski definition) is 1. The van der Waals surface area contributed by atoms with Crippen LogP contribution in [-0.2, 0) is 4.79 Å². The van der Waals surface area contributed by atoms with Gasteiger partial charge in [0.2, 0.25) is 0 Å². The fraction of sp³-hybridized carbons (Fsp3) is 0. The minimum absolute atomic E-state index is 0.131. The Bertz CT molecular complexity index is 452. The summed E-state index contributed by atoms with van der Waals surface area (Å²) >= 11 is 0. The Morgan fingerprint density at radius 2 is 2.09 bits per heavy atom. The molecule has 0 saturated carbocycles. The summed E-state index contributed by atoms with van der Waals surface area (Å²) in [6.45, 7) is 0. The Kier molecular flexibility index (Phi) is 1.04. The van der Waals surface area contributed by atoms with Crippen LogP contribution in [0.15, 0.2) is 36.3 Å². The largest absolute Gasteiger partial charge is 0.478 e. The highest BCUT2D eigenvalue weighted by molar-refractivity contribution is 5.85. The van der Waals surface area contributed by atoms with Crippen molar-refractivity contribution in [2.75, 3.05) is 0 Å². The molecule has 0 aliphatic heterocycles. The fourth-order valence-corrected chi connectivity index (χ4v) is 0.498. The molecule has 0 aromatic heterocycles. The predicted molar refractivity (Wildman–Crippen MR) is 43.1 cm³/mol. The Hall–Kier alpha value is -1.57. The van der Waals surface area contributed by atoms with E-state index in [4.69, 9.17) is 12.0 Å². The van der Waals surface area contributed by atoms with Crippen LogP contribution in [0.2, 0.25) is 0 Å². The summed E-state index contributed by atoms with van der Waals surface area (Å²) in [6.07, 6.45) is 1.72. The van der Waals surface area contributed by atoms with Crippen molar-refractivity contribution in [1.82, 2.24) is 0 Å². The smallest absolute Gasteiger partial charge is 0.328 e. The molecule has 0 amide bonds. The quantitative estimate of drug-likeness (QED) is 0.657. The van der Waals surface area contributed by atoms with E-state index in [0.717, 1.165) is 12.2 Å². The fourth-order valence-electron chi connectivity index (χ4n) is 0.498. The molecule has 0 saturated heterocycles. The van der Waals surface area contributed by atoms with E-state index in [1.165, 1.54) is 0 Å². The molecule has 2 nitrogen and oxygen atoms in total. The number of carboxylic acid groups (broad SMARTS) is 1. The van der Waals surface area contributed by atoms with Crippen molar-refractivity contribution < 1.29 is 16.8 Å². The minimum Gasteiger partial charge on any atom is -0.478 e. The molecule has 0 aliphatic carbocycles. The molecule has 1 rings (SSSR count). The van der Waals surface area contributed by atoms with Crippen molar-refractivity contribution in [2.24, 2.45) is 0 Å². The first-order chi connectivity index (χ1) is 7.36. The van der Waals surface area contributed by atoms with E-state index in [2.05, 4.69) is 0 Å². The summed E-state index contributed by atoms with van der Waals surface area (Å²) in [6, 6.07) is -2.29. The summed E-state index contributed by atoms with van der Waals surface area (Å²) in [7, 11) is 0. The van der Waals surface area contributed by atoms with E-state index in [1.807, 2.05) is 0 Å². The highest BCUT2D eigenvalue weighted by Crippen LogP contribution is 1.99. The molecule has 56 valence electrons. The highest BCUT2D eigenvalue weighted by Gasteiger charge is 1.85. The lowest BCUT2D eigenvalue weighted by atomic mass is 10.2. The topological polar surface area (TPSA) is 37.3 Å². The summed E-state index contributed by atoms with van der Waals surface area (Å²) in [5.41, 5.74) is -0.131. The maximum atomic E-state index is 10.3. The third-order valence-electron chi connectivity index (χ3n) is 0.912. The Morgan fingerprint density at radius 1 is 1.45 bits per heavy atom. The van der Waals surface area contributed by atoms with Crippen molar-refractivity contribution in [3.05, 3.63) is 41.9 Å². The molecule has 1 N–H and O–H groups in total. The Morgan fingerprint density at radius 3 is 2.64 bits per heavy atom. The van der Waals surface area contributed by atoms with Crippen LogP contribution in [-0.4, -0.2) is 11.1 Å². The normalized spacial score (nSPS) is 16.5. The molecule has 0 radical (unpaired) electrons. The first-order valence-electron chi connectivity index (χ1n) is 5.34. The van der Waals surface area contributed by atoms with Gasteiger partial charge in [-0.1, -0.05) is 30.2 Å². The predicted octanol–water partition coefficient (Wildman–Crippen LogP) is 1.78. The van der Waals surface area contributed by atoms with Crippen molar-refractivity contribution in [2.45, 2.75) is 0 Å². The van der Waals surface area contributed by atoms with Gasteiger partial charge in [0.1, 0.15) is 0 Å². The van der Waals surface area contributed by atoms with E-state index >= 15 is 0 Å². The van der Waals surface area contributed by atoms with Gasteiger partial charge in [-0.05, 0) is 11.6 Å². The van der Waals surface area contributed by atoms with Gasteiger partial charge in [0.05, 0.1) is 6.85 Å². The molecule has 0 fully saturated rings. The zero-order chi connectivity index (χ0) is 12.5.